The van der Waals surface area contributed by atoms with E-state index in [4.69, 9.17) is 11.6 Å². The largest absolute Gasteiger partial charge is 0.316 e. The highest BCUT2D eigenvalue weighted by molar-refractivity contribution is 7.90. The molecule has 0 amide bonds. The molecule has 4 aromatic rings. The smallest absolute Gasteiger partial charge is 0.269 e. The SMILES string of the molecule is CNCc1cn(S(=O)(=O)c2cnc(C)c(F)c2)c(-c2cccnc2F)c1F.Cc1ncc(Cl)cc1F. The van der Waals surface area contributed by atoms with E-state index in [1.54, 1.807) is 14.0 Å². The number of halogens is 5. The molecule has 36 heavy (non-hydrogen) atoms. The van der Waals surface area contributed by atoms with Crippen LogP contribution in [0.15, 0.2) is 53.9 Å². The van der Waals surface area contributed by atoms with Crippen molar-refractivity contribution in [1.82, 2.24) is 24.2 Å². The van der Waals surface area contributed by atoms with Gasteiger partial charge in [0, 0.05) is 36.9 Å². The molecule has 0 aromatic carbocycles. The van der Waals surface area contributed by atoms with E-state index < -0.39 is 38.2 Å². The molecule has 0 aliphatic rings. The minimum absolute atomic E-state index is 0.000120. The second kappa shape index (κ2) is 11.1. The fourth-order valence-electron chi connectivity index (χ4n) is 3.04. The van der Waals surface area contributed by atoms with Crippen molar-refractivity contribution in [3.05, 3.63) is 94.4 Å². The van der Waals surface area contributed by atoms with E-state index in [1.807, 2.05) is 0 Å². The van der Waals surface area contributed by atoms with Gasteiger partial charge < -0.3 is 5.32 Å². The fraction of sp³-hybridized carbons (Fsp3) is 0.174. The van der Waals surface area contributed by atoms with Crippen LogP contribution in [0.1, 0.15) is 17.0 Å². The average molecular weight is 542 g/mol. The van der Waals surface area contributed by atoms with E-state index in [9.17, 15) is 26.0 Å². The number of aromatic nitrogens is 4. The monoisotopic (exact) mass is 541 g/mol. The molecule has 1 N–H and O–H groups in total. The van der Waals surface area contributed by atoms with Crippen LogP contribution in [0, 0.1) is 37.2 Å². The summed E-state index contributed by atoms with van der Waals surface area (Å²) in [5.74, 6) is -3.13. The van der Waals surface area contributed by atoms with E-state index in [0.717, 1.165) is 24.7 Å². The van der Waals surface area contributed by atoms with Crippen LogP contribution in [0.3, 0.4) is 0 Å². The fourth-order valence-corrected chi connectivity index (χ4v) is 4.54. The van der Waals surface area contributed by atoms with Crippen molar-refractivity contribution in [3.63, 3.8) is 0 Å². The first-order valence-corrected chi connectivity index (χ1v) is 12.1. The van der Waals surface area contributed by atoms with Crippen LogP contribution in [-0.4, -0.2) is 34.4 Å². The van der Waals surface area contributed by atoms with Crippen molar-refractivity contribution >= 4 is 21.6 Å². The summed E-state index contributed by atoms with van der Waals surface area (Å²) in [4.78, 5) is 10.3. The highest BCUT2D eigenvalue weighted by atomic mass is 35.5. The third-order valence-corrected chi connectivity index (χ3v) is 6.74. The molecule has 0 spiro atoms. The van der Waals surface area contributed by atoms with Crippen LogP contribution in [-0.2, 0) is 16.6 Å². The van der Waals surface area contributed by atoms with Crippen molar-refractivity contribution in [3.8, 4) is 11.3 Å². The Morgan fingerprint density at radius 2 is 1.64 bits per heavy atom. The first-order valence-electron chi connectivity index (χ1n) is 10.3. The molecule has 4 heterocycles. The summed E-state index contributed by atoms with van der Waals surface area (Å²) in [6.07, 6.45) is 4.57. The maximum Gasteiger partial charge on any atom is 0.269 e. The van der Waals surface area contributed by atoms with Crippen LogP contribution in [0.25, 0.3) is 11.3 Å². The van der Waals surface area contributed by atoms with Gasteiger partial charge >= 0.3 is 0 Å². The van der Waals surface area contributed by atoms with Gasteiger partial charge in [-0.2, -0.15) is 4.39 Å². The van der Waals surface area contributed by atoms with E-state index in [0.29, 0.717) is 14.7 Å². The first-order chi connectivity index (χ1) is 17.0. The highest BCUT2D eigenvalue weighted by Crippen LogP contribution is 2.32. The lowest BCUT2D eigenvalue weighted by Gasteiger charge is -2.11. The van der Waals surface area contributed by atoms with Gasteiger partial charge in [0.2, 0.25) is 5.95 Å². The maximum absolute atomic E-state index is 14.9. The van der Waals surface area contributed by atoms with Gasteiger partial charge in [0.25, 0.3) is 10.0 Å². The third-order valence-electron chi connectivity index (χ3n) is 4.91. The molecule has 0 fully saturated rings. The average Bonchev–Trinajstić information content (AvgIpc) is 3.16. The quantitative estimate of drug-likeness (QED) is 0.288. The van der Waals surface area contributed by atoms with Crippen molar-refractivity contribution in [2.45, 2.75) is 25.3 Å². The number of nitrogens with one attached hydrogen (secondary N) is 1. The van der Waals surface area contributed by atoms with E-state index in [1.165, 1.54) is 31.3 Å². The van der Waals surface area contributed by atoms with Crippen molar-refractivity contribution in [2.24, 2.45) is 0 Å². The maximum atomic E-state index is 14.9. The number of nitrogens with zero attached hydrogens (tertiary/aromatic N) is 4. The Bertz CT molecular complexity index is 1510. The van der Waals surface area contributed by atoms with Crippen LogP contribution >= 0.6 is 11.6 Å². The molecule has 0 unspecified atom stereocenters. The second-order valence-electron chi connectivity index (χ2n) is 7.45. The Morgan fingerprint density at radius 1 is 1.00 bits per heavy atom. The van der Waals surface area contributed by atoms with Gasteiger partial charge in [0.05, 0.1) is 22.0 Å². The molecule has 13 heteroatoms. The van der Waals surface area contributed by atoms with E-state index in [-0.39, 0.29) is 29.2 Å². The van der Waals surface area contributed by atoms with Crippen LogP contribution in [0.5, 0.6) is 0 Å². The molecule has 0 saturated carbocycles. The zero-order valence-corrected chi connectivity index (χ0v) is 20.8. The van der Waals surface area contributed by atoms with E-state index in [2.05, 4.69) is 20.3 Å². The summed E-state index contributed by atoms with van der Waals surface area (Å²) in [6, 6.07) is 4.59. The van der Waals surface area contributed by atoms with E-state index >= 15 is 0 Å². The van der Waals surface area contributed by atoms with Gasteiger partial charge in [-0.15, -0.1) is 0 Å². The molecule has 0 aliphatic carbocycles. The molecule has 0 radical (unpaired) electrons. The summed E-state index contributed by atoms with van der Waals surface area (Å²) in [6.45, 7) is 2.97. The minimum atomic E-state index is -4.44. The standard InChI is InChI=1S/C17H15F3N4O2S.C6H5ClFN/c1-10-14(18)6-12(8-23-10)27(25,26)24-9-11(7-21-2)15(19)16(24)13-4-3-5-22-17(13)20;1-4-6(8)2-5(7)3-9-4/h3-6,8-9,21H,7H2,1-2H3;2-3H,1H3. The molecule has 0 aliphatic heterocycles. The van der Waals surface area contributed by atoms with Crippen molar-refractivity contribution in [2.75, 3.05) is 7.05 Å². The molecule has 0 saturated heterocycles. The molecule has 0 atom stereocenters. The Kier molecular flexibility index (Phi) is 8.43. The lowest BCUT2D eigenvalue weighted by atomic mass is 10.2. The van der Waals surface area contributed by atoms with Crippen molar-refractivity contribution in [1.29, 1.82) is 0 Å². The molecule has 7 nitrogen and oxygen atoms in total. The Morgan fingerprint density at radius 3 is 2.19 bits per heavy atom. The van der Waals surface area contributed by atoms with Crippen LogP contribution in [0.2, 0.25) is 5.02 Å². The summed E-state index contributed by atoms with van der Waals surface area (Å²) in [5, 5.41) is 3.04. The number of pyridine rings is 3. The van der Waals surface area contributed by atoms with Crippen LogP contribution in [0.4, 0.5) is 17.6 Å². The third kappa shape index (κ3) is 5.72. The Labute approximate surface area is 209 Å². The summed E-state index contributed by atoms with van der Waals surface area (Å²) < 4.78 is 81.9. The topological polar surface area (TPSA) is 89.8 Å². The van der Waals surface area contributed by atoms with Gasteiger partial charge in [-0.3, -0.25) is 9.97 Å². The second-order valence-corrected chi connectivity index (χ2v) is 9.70. The van der Waals surface area contributed by atoms with Crippen LogP contribution < -0.4 is 5.32 Å². The van der Waals surface area contributed by atoms with Gasteiger partial charge in [-0.05, 0) is 45.2 Å². The summed E-state index contributed by atoms with van der Waals surface area (Å²) in [7, 11) is -2.89. The molecular formula is C23H20ClF4N5O2S. The molecule has 190 valence electrons. The number of hydrogen-bond acceptors (Lipinski definition) is 6. The normalized spacial score (nSPS) is 11.2. The zero-order chi connectivity index (χ0) is 26.6. The number of aryl methyl sites for hydroxylation is 2. The zero-order valence-electron chi connectivity index (χ0n) is 19.2. The minimum Gasteiger partial charge on any atom is -0.316 e. The van der Waals surface area contributed by atoms with Crippen molar-refractivity contribution < 1.29 is 26.0 Å². The number of rotatable bonds is 5. The highest BCUT2D eigenvalue weighted by Gasteiger charge is 2.29. The number of hydrogen-bond donors (Lipinski definition) is 1. The lowest BCUT2D eigenvalue weighted by molar-refractivity contribution is 0.572. The molecule has 4 aromatic heterocycles. The van der Waals surface area contributed by atoms with Gasteiger partial charge in [0.15, 0.2) is 5.82 Å². The summed E-state index contributed by atoms with van der Waals surface area (Å²) >= 11 is 5.41. The Balaban J connectivity index is 0.000000338. The predicted octanol–water partition coefficient (Wildman–Crippen LogP) is 4.81. The summed E-state index contributed by atoms with van der Waals surface area (Å²) in [5.41, 5.74) is -0.463. The lowest BCUT2D eigenvalue weighted by Crippen LogP contribution is -2.15. The van der Waals surface area contributed by atoms with Gasteiger partial charge in [0.1, 0.15) is 22.2 Å². The predicted molar refractivity (Wildman–Crippen MR) is 126 cm³/mol. The molecule has 0 bridgehead atoms. The molecular weight excluding hydrogens is 522 g/mol. The van der Waals surface area contributed by atoms with Gasteiger partial charge in [-0.1, -0.05) is 11.6 Å². The Hall–Kier alpha value is -3.35. The van der Waals surface area contributed by atoms with Gasteiger partial charge in [-0.25, -0.2) is 30.5 Å². The molecule has 4 rings (SSSR count). The first kappa shape index (κ1) is 27.2.